The molecule has 1 heterocycles. The normalized spacial score (nSPS) is 30.3. The van der Waals surface area contributed by atoms with Crippen molar-refractivity contribution in [2.24, 2.45) is 11.3 Å². The number of rotatable bonds is 4. The first kappa shape index (κ1) is 15.3. The molecule has 4 heteroatoms. The van der Waals surface area contributed by atoms with Crippen LogP contribution in [0.5, 0.6) is 0 Å². The summed E-state index contributed by atoms with van der Waals surface area (Å²) < 4.78 is 0. The van der Waals surface area contributed by atoms with Crippen LogP contribution in [0.15, 0.2) is 0 Å². The minimum absolute atomic E-state index is 0.198. The second-order valence-corrected chi connectivity index (χ2v) is 7.77. The van der Waals surface area contributed by atoms with E-state index in [9.17, 15) is 4.79 Å². The third kappa shape index (κ3) is 2.98. The van der Waals surface area contributed by atoms with E-state index in [0.717, 1.165) is 26.1 Å². The average molecular weight is 293 g/mol. The summed E-state index contributed by atoms with van der Waals surface area (Å²) in [6.07, 6.45) is 9.88. The van der Waals surface area contributed by atoms with Gasteiger partial charge in [0.25, 0.3) is 0 Å². The average Bonchev–Trinajstić information content (AvgIpc) is 3.19. The molecule has 3 rings (SSSR count). The van der Waals surface area contributed by atoms with E-state index in [2.05, 4.69) is 29.6 Å². The predicted molar refractivity (Wildman–Crippen MR) is 85.2 cm³/mol. The second-order valence-electron chi connectivity index (χ2n) is 7.77. The Labute approximate surface area is 129 Å². The Morgan fingerprint density at radius 3 is 2.43 bits per heavy atom. The van der Waals surface area contributed by atoms with Crippen LogP contribution < -0.4 is 10.6 Å². The Balaban J connectivity index is 1.53. The van der Waals surface area contributed by atoms with Gasteiger partial charge in [-0.3, -0.25) is 4.79 Å². The third-order valence-electron chi connectivity index (χ3n) is 6.43. The van der Waals surface area contributed by atoms with Gasteiger partial charge in [-0.05, 0) is 64.7 Å². The summed E-state index contributed by atoms with van der Waals surface area (Å²) in [6.45, 7) is 3.01. The summed E-state index contributed by atoms with van der Waals surface area (Å²) in [4.78, 5) is 14.9. The molecule has 0 aromatic rings. The smallest absolute Gasteiger partial charge is 0.223 e. The van der Waals surface area contributed by atoms with Crippen LogP contribution in [0.4, 0.5) is 0 Å². The van der Waals surface area contributed by atoms with E-state index in [1.165, 1.54) is 44.9 Å². The fraction of sp³-hybridized carbons (Fsp3) is 0.941. The molecule has 1 spiro atoms. The first-order valence-corrected chi connectivity index (χ1v) is 8.74. The fourth-order valence-electron chi connectivity index (χ4n) is 4.56. The van der Waals surface area contributed by atoms with Crippen molar-refractivity contribution >= 4 is 5.91 Å². The van der Waals surface area contributed by atoms with Gasteiger partial charge in [-0.1, -0.05) is 19.3 Å². The molecular weight excluding hydrogens is 262 g/mol. The number of carbonyl (C=O) groups is 1. The second kappa shape index (κ2) is 5.88. The van der Waals surface area contributed by atoms with Crippen LogP contribution in [0.3, 0.4) is 0 Å². The van der Waals surface area contributed by atoms with Gasteiger partial charge in [0, 0.05) is 18.0 Å². The summed E-state index contributed by atoms with van der Waals surface area (Å²) in [5.74, 6) is 0.617. The van der Waals surface area contributed by atoms with Crippen LogP contribution in [-0.2, 0) is 4.79 Å². The highest BCUT2D eigenvalue weighted by atomic mass is 16.2. The van der Waals surface area contributed by atoms with Gasteiger partial charge in [-0.2, -0.15) is 0 Å². The molecule has 4 nitrogen and oxygen atoms in total. The van der Waals surface area contributed by atoms with Crippen LogP contribution in [0, 0.1) is 11.3 Å². The summed E-state index contributed by atoms with van der Waals surface area (Å²) in [5, 5.41) is 6.71. The zero-order chi connectivity index (χ0) is 14.9. The van der Waals surface area contributed by atoms with Gasteiger partial charge in [-0.15, -0.1) is 0 Å². The van der Waals surface area contributed by atoms with E-state index in [1.54, 1.807) is 0 Å². The van der Waals surface area contributed by atoms with E-state index in [0.29, 0.717) is 17.2 Å². The lowest BCUT2D eigenvalue weighted by Gasteiger charge is -2.43. The summed E-state index contributed by atoms with van der Waals surface area (Å²) in [6, 6.07) is 0. The van der Waals surface area contributed by atoms with Crippen LogP contribution >= 0.6 is 0 Å². The molecule has 120 valence electrons. The molecule has 0 unspecified atom stereocenters. The standard InChI is InChI=1S/C17H31N3O/c1-20(2)17(6-4-3-5-7-17)13-19-15(21)14-12-16(14)8-10-18-11-9-16/h14,18H,3-13H2,1-2H3,(H,19,21)/t14-/m0/s1. The summed E-state index contributed by atoms with van der Waals surface area (Å²) in [5.41, 5.74) is 0.553. The van der Waals surface area contributed by atoms with Gasteiger partial charge in [0.15, 0.2) is 0 Å². The van der Waals surface area contributed by atoms with Gasteiger partial charge < -0.3 is 15.5 Å². The van der Waals surface area contributed by atoms with E-state index < -0.39 is 0 Å². The molecule has 1 amide bonds. The van der Waals surface area contributed by atoms with Crippen molar-refractivity contribution in [1.29, 1.82) is 0 Å². The number of carbonyl (C=O) groups excluding carboxylic acids is 1. The Kier molecular flexibility index (Phi) is 4.28. The van der Waals surface area contributed by atoms with E-state index in [4.69, 9.17) is 0 Å². The van der Waals surface area contributed by atoms with E-state index >= 15 is 0 Å². The van der Waals surface area contributed by atoms with Crippen molar-refractivity contribution in [3.63, 3.8) is 0 Å². The third-order valence-corrected chi connectivity index (χ3v) is 6.43. The number of likely N-dealkylation sites (N-methyl/N-ethyl adjacent to an activating group) is 1. The molecule has 0 aromatic heterocycles. The Hall–Kier alpha value is -0.610. The number of nitrogens with one attached hydrogen (secondary N) is 2. The first-order chi connectivity index (χ1) is 10.1. The molecule has 21 heavy (non-hydrogen) atoms. The minimum atomic E-state index is 0.198. The molecule has 0 aromatic carbocycles. The van der Waals surface area contributed by atoms with Crippen molar-refractivity contribution in [2.75, 3.05) is 33.7 Å². The molecule has 3 aliphatic rings. The lowest BCUT2D eigenvalue weighted by atomic mass is 9.80. The van der Waals surface area contributed by atoms with Gasteiger partial charge in [-0.25, -0.2) is 0 Å². The van der Waals surface area contributed by atoms with E-state index in [-0.39, 0.29) is 5.54 Å². The summed E-state index contributed by atoms with van der Waals surface area (Å²) >= 11 is 0. The minimum Gasteiger partial charge on any atom is -0.354 e. The lowest BCUT2D eigenvalue weighted by molar-refractivity contribution is -0.124. The molecule has 1 saturated heterocycles. The maximum Gasteiger partial charge on any atom is 0.223 e. The van der Waals surface area contributed by atoms with Gasteiger partial charge >= 0.3 is 0 Å². The number of hydrogen-bond acceptors (Lipinski definition) is 3. The monoisotopic (exact) mass is 293 g/mol. The number of piperidine rings is 1. The highest BCUT2D eigenvalue weighted by Crippen LogP contribution is 2.58. The van der Waals surface area contributed by atoms with Gasteiger partial charge in [0.1, 0.15) is 0 Å². The summed E-state index contributed by atoms with van der Waals surface area (Å²) in [7, 11) is 4.34. The van der Waals surface area contributed by atoms with Crippen LogP contribution in [0.25, 0.3) is 0 Å². The molecule has 2 N–H and O–H groups in total. The van der Waals surface area contributed by atoms with E-state index in [1.807, 2.05) is 0 Å². The SMILES string of the molecule is CN(C)C1(CNC(=O)[C@@H]2CC23CCNCC3)CCCCC1. The van der Waals surface area contributed by atoms with Crippen LogP contribution in [0.2, 0.25) is 0 Å². The van der Waals surface area contributed by atoms with Crippen molar-refractivity contribution in [2.45, 2.75) is 56.9 Å². The molecule has 3 fully saturated rings. The molecule has 0 radical (unpaired) electrons. The van der Waals surface area contributed by atoms with Crippen molar-refractivity contribution in [1.82, 2.24) is 15.5 Å². The Morgan fingerprint density at radius 2 is 1.81 bits per heavy atom. The highest BCUT2D eigenvalue weighted by molar-refractivity contribution is 5.82. The topological polar surface area (TPSA) is 44.4 Å². The zero-order valence-corrected chi connectivity index (χ0v) is 13.7. The largest absolute Gasteiger partial charge is 0.354 e. The maximum absolute atomic E-state index is 12.5. The molecular formula is C17H31N3O. The molecule has 1 atom stereocenters. The van der Waals surface area contributed by atoms with Gasteiger partial charge in [0.05, 0.1) is 0 Å². The number of nitrogens with zero attached hydrogens (tertiary/aromatic N) is 1. The zero-order valence-electron chi connectivity index (χ0n) is 13.7. The number of amides is 1. The van der Waals surface area contributed by atoms with Crippen LogP contribution in [-0.4, -0.2) is 50.1 Å². The van der Waals surface area contributed by atoms with Crippen molar-refractivity contribution in [3.8, 4) is 0 Å². The fourth-order valence-corrected chi connectivity index (χ4v) is 4.56. The van der Waals surface area contributed by atoms with Crippen molar-refractivity contribution in [3.05, 3.63) is 0 Å². The number of hydrogen-bond donors (Lipinski definition) is 2. The van der Waals surface area contributed by atoms with Crippen molar-refractivity contribution < 1.29 is 4.79 Å². The predicted octanol–water partition coefficient (Wildman–Crippen LogP) is 1.76. The first-order valence-electron chi connectivity index (χ1n) is 8.74. The van der Waals surface area contributed by atoms with Gasteiger partial charge in [0.2, 0.25) is 5.91 Å². The molecule has 1 aliphatic heterocycles. The Morgan fingerprint density at radius 1 is 1.14 bits per heavy atom. The molecule has 0 bridgehead atoms. The molecule has 2 aliphatic carbocycles. The lowest BCUT2D eigenvalue weighted by Crippen LogP contribution is -2.54. The molecule has 2 saturated carbocycles. The quantitative estimate of drug-likeness (QED) is 0.830. The van der Waals surface area contributed by atoms with Crippen LogP contribution in [0.1, 0.15) is 51.4 Å². The maximum atomic E-state index is 12.5. The Bertz CT molecular complexity index is 381. The highest BCUT2D eigenvalue weighted by Gasteiger charge is 2.57.